The molecular formula is C20H21N3O5. The average molecular weight is 383 g/mol. The molecule has 2 unspecified atom stereocenters. The fourth-order valence-electron chi connectivity index (χ4n) is 3.10. The van der Waals surface area contributed by atoms with Crippen molar-refractivity contribution in [1.29, 1.82) is 0 Å². The van der Waals surface area contributed by atoms with Crippen molar-refractivity contribution in [1.82, 2.24) is 10.3 Å². The SMILES string of the molecule is Cc1[nH]c2ccc(C(=O)NC(CO)C(O)c3ccc([N+](=O)[O-])cc3)cc2c1C. The number of benzene rings is 2. The molecule has 3 aromatic rings. The molecule has 0 saturated carbocycles. The van der Waals surface area contributed by atoms with Crippen LogP contribution in [0.5, 0.6) is 0 Å². The average Bonchev–Trinajstić information content (AvgIpc) is 2.98. The van der Waals surface area contributed by atoms with E-state index in [9.17, 15) is 25.1 Å². The van der Waals surface area contributed by atoms with Crippen LogP contribution in [0.2, 0.25) is 0 Å². The second kappa shape index (κ2) is 7.79. The Morgan fingerprint density at radius 3 is 2.50 bits per heavy atom. The van der Waals surface area contributed by atoms with Crippen LogP contribution in [-0.2, 0) is 0 Å². The van der Waals surface area contributed by atoms with Gasteiger partial charge in [-0.1, -0.05) is 0 Å². The number of aromatic amines is 1. The molecule has 146 valence electrons. The monoisotopic (exact) mass is 383 g/mol. The third kappa shape index (κ3) is 3.73. The van der Waals surface area contributed by atoms with E-state index < -0.39 is 29.6 Å². The molecule has 1 aromatic heterocycles. The van der Waals surface area contributed by atoms with E-state index >= 15 is 0 Å². The molecule has 1 heterocycles. The van der Waals surface area contributed by atoms with Crippen LogP contribution in [0.15, 0.2) is 42.5 Å². The van der Waals surface area contributed by atoms with Gasteiger partial charge in [-0.25, -0.2) is 0 Å². The summed E-state index contributed by atoms with van der Waals surface area (Å²) in [6.45, 7) is 3.43. The maximum Gasteiger partial charge on any atom is 0.269 e. The number of amides is 1. The summed E-state index contributed by atoms with van der Waals surface area (Å²) in [5.41, 5.74) is 3.66. The number of non-ortho nitro benzene ring substituents is 1. The second-order valence-electron chi connectivity index (χ2n) is 6.69. The summed E-state index contributed by atoms with van der Waals surface area (Å²) in [7, 11) is 0. The van der Waals surface area contributed by atoms with Crippen LogP contribution in [-0.4, -0.2) is 38.7 Å². The van der Waals surface area contributed by atoms with E-state index in [4.69, 9.17) is 0 Å². The third-order valence-electron chi connectivity index (χ3n) is 4.91. The minimum Gasteiger partial charge on any atom is -0.394 e. The van der Waals surface area contributed by atoms with Crippen molar-refractivity contribution in [2.45, 2.75) is 26.0 Å². The lowest BCUT2D eigenvalue weighted by molar-refractivity contribution is -0.384. The van der Waals surface area contributed by atoms with Crippen molar-refractivity contribution >= 4 is 22.5 Å². The first-order valence-corrected chi connectivity index (χ1v) is 8.75. The predicted octanol–water partition coefficient (Wildman–Crippen LogP) is 2.52. The molecule has 0 radical (unpaired) electrons. The molecule has 0 aliphatic rings. The van der Waals surface area contributed by atoms with Crippen molar-refractivity contribution in [2.24, 2.45) is 0 Å². The van der Waals surface area contributed by atoms with Gasteiger partial charge in [0.2, 0.25) is 0 Å². The number of aliphatic hydroxyl groups excluding tert-OH is 2. The normalized spacial score (nSPS) is 13.3. The van der Waals surface area contributed by atoms with Crippen LogP contribution in [0.25, 0.3) is 10.9 Å². The van der Waals surface area contributed by atoms with Crippen molar-refractivity contribution in [3.05, 3.63) is 75.0 Å². The van der Waals surface area contributed by atoms with Crippen molar-refractivity contribution < 1.29 is 19.9 Å². The molecule has 8 nitrogen and oxygen atoms in total. The number of H-pyrrole nitrogens is 1. The maximum atomic E-state index is 12.6. The third-order valence-corrected chi connectivity index (χ3v) is 4.91. The summed E-state index contributed by atoms with van der Waals surface area (Å²) in [6, 6.07) is 9.60. The minimum atomic E-state index is -1.21. The minimum absolute atomic E-state index is 0.106. The first-order chi connectivity index (χ1) is 13.3. The number of nitrogens with zero attached hydrogens (tertiary/aromatic N) is 1. The highest BCUT2D eigenvalue weighted by Gasteiger charge is 2.23. The van der Waals surface area contributed by atoms with Crippen LogP contribution in [0.1, 0.15) is 33.3 Å². The van der Waals surface area contributed by atoms with E-state index in [2.05, 4.69) is 10.3 Å². The number of carbonyl (C=O) groups excluding carboxylic acids is 1. The smallest absolute Gasteiger partial charge is 0.269 e. The van der Waals surface area contributed by atoms with Gasteiger partial charge in [0.25, 0.3) is 11.6 Å². The quantitative estimate of drug-likeness (QED) is 0.384. The van der Waals surface area contributed by atoms with E-state index in [0.717, 1.165) is 22.2 Å². The molecule has 4 N–H and O–H groups in total. The van der Waals surface area contributed by atoms with Crippen molar-refractivity contribution in [3.63, 3.8) is 0 Å². The first-order valence-electron chi connectivity index (χ1n) is 8.75. The Bertz CT molecular complexity index is 1030. The lowest BCUT2D eigenvalue weighted by Gasteiger charge is -2.22. The molecule has 0 fully saturated rings. The zero-order chi connectivity index (χ0) is 20.4. The van der Waals surface area contributed by atoms with Gasteiger partial charge in [-0.3, -0.25) is 14.9 Å². The number of rotatable bonds is 6. The van der Waals surface area contributed by atoms with Gasteiger partial charge in [-0.05, 0) is 55.3 Å². The first kappa shape index (κ1) is 19.5. The van der Waals surface area contributed by atoms with Crippen LogP contribution >= 0.6 is 0 Å². The van der Waals surface area contributed by atoms with Gasteiger partial charge < -0.3 is 20.5 Å². The number of aryl methyl sites for hydroxylation is 2. The number of nitrogens with one attached hydrogen (secondary N) is 2. The number of aromatic nitrogens is 1. The summed E-state index contributed by atoms with van der Waals surface area (Å²) >= 11 is 0. The molecule has 0 bridgehead atoms. The lowest BCUT2D eigenvalue weighted by Crippen LogP contribution is -2.41. The van der Waals surface area contributed by atoms with E-state index in [1.165, 1.54) is 24.3 Å². The summed E-state index contributed by atoms with van der Waals surface area (Å²) < 4.78 is 0. The standard InChI is InChI=1S/C20H21N3O5/c1-11-12(2)21-17-8-5-14(9-16(11)17)20(26)22-18(10-24)19(25)13-3-6-15(7-4-13)23(27)28/h3-9,18-19,21,24-25H,10H2,1-2H3,(H,22,26). The number of carbonyl (C=O) groups is 1. The molecule has 2 aromatic carbocycles. The van der Waals surface area contributed by atoms with Gasteiger partial charge in [0.05, 0.1) is 17.6 Å². The number of nitro benzene ring substituents is 1. The van der Waals surface area contributed by atoms with Crippen molar-refractivity contribution in [3.8, 4) is 0 Å². The number of aliphatic hydroxyl groups is 2. The molecule has 1 amide bonds. The van der Waals surface area contributed by atoms with Gasteiger partial charge in [0.15, 0.2) is 0 Å². The van der Waals surface area contributed by atoms with Crippen LogP contribution in [0.4, 0.5) is 5.69 Å². The Labute approximate surface area is 161 Å². The Kier molecular flexibility index (Phi) is 5.43. The molecule has 0 aliphatic carbocycles. The zero-order valence-corrected chi connectivity index (χ0v) is 15.5. The molecule has 0 aliphatic heterocycles. The zero-order valence-electron chi connectivity index (χ0n) is 15.5. The largest absolute Gasteiger partial charge is 0.394 e. The number of hydrogen-bond donors (Lipinski definition) is 4. The number of nitro groups is 1. The van der Waals surface area contributed by atoms with E-state index in [0.29, 0.717) is 11.1 Å². The molecular weight excluding hydrogens is 362 g/mol. The molecule has 28 heavy (non-hydrogen) atoms. The van der Waals surface area contributed by atoms with Gasteiger partial charge in [-0.2, -0.15) is 0 Å². The molecule has 8 heteroatoms. The van der Waals surface area contributed by atoms with Gasteiger partial charge >= 0.3 is 0 Å². The lowest BCUT2D eigenvalue weighted by atomic mass is 10.0. The fourth-order valence-corrected chi connectivity index (χ4v) is 3.10. The highest BCUT2D eigenvalue weighted by Crippen LogP contribution is 2.23. The summed E-state index contributed by atoms with van der Waals surface area (Å²) in [5, 5.41) is 34.4. The summed E-state index contributed by atoms with van der Waals surface area (Å²) in [6.07, 6.45) is -1.21. The summed E-state index contributed by atoms with van der Waals surface area (Å²) in [5.74, 6) is -0.430. The van der Waals surface area contributed by atoms with Crippen LogP contribution in [0, 0.1) is 24.0 Å². The fraction of sp³-hybridized carbons (Fsp3) is 0.250. The molecule has 2 atom stereocenters. The predicted molar refractivity (Wildman–Crippen MR) is 104 cm³/mol. The van der Waals surface area contributed by atoms with Gasteiger partial charge in [-0.15, -0.1) is 0 Å². The van der Waals surface area contributed by atoms with Crippen LogP contribution in [0.3, 0.4) is 0 Å². The van der Waals surface area contributed by atoms with Crippen LogP contribution < -0.4 is 5.32 Å². The Morgan fingerprint density at radius 2 is 1.89 bits per heavy atom. The number of fused-ring (bicyclic) bond motifs is 1. The van der Waals surface area contributed by atoms with E-state index in [-0.39, 0.29) is 5.69 Å². The summed E-state index contributed by atoms with van der Waals surface area (Å²) in [4.78, 5) is 26.1. The Morgan fingerprint density at radius 1 is 1.21 bits per heavy atom. The highest BCUT2D eigenvalue weighted by atomic mass is 16.6. The Balaban J connectivity index is 1.78. The van der Waals surface area contributed by atoms with Gasteiger partial charge in [0.1, 0.15) is 6.10 Å². The highest BCUT2D eigenvalue weighted by molar-refractivity contribution is 5.99. The van der Waals surface area contributed by atoms with E-state index in [1.807, 2.05) is 19.9 Å². The van der Waals surface area contributed by atoms with E-state index in [1.54, 1.807) is 12.1 Å². The molecule has 0 saturated heterocycles. The van der Waals surface area contributed by atoms with Crippen molar-refractivity contribution in [2.75, 3.05) is 6.61 Å². The second-order valence-corrected chi connectivity index (χ2v) is 6.69. The topological polar surface area (TPSA) is 128 Å². The Hall–Kier alpha value is -3.23. The number of hydrogen-bond acceptors (Lipinski definition) is 5. The molecule has 0 spiro atoms. The van der Waals surface area contributed by atoms with Gasteiger partial charge in [0, 0.05) is 34.3 Å². The maximum absolute atomic E-state index is 12.6. The molecule has 3 rings (SSSR count).